The van der Waals surface area contributed by atoms with Gasteiger partial charge in [0.25, 0.3) is 0 Å². The first kappa shape index (κ1) is 18.5. The van der Waals surface area contributed by atoms with Crippen LogP contribution >= 0.6 is 11.8 Å². The Morgan fingerprint density at radius 2 is 1.89 bits per heavy atom. The maximum absolute atomic E-state index is 12.4. The van der Waals surface area contributed by atoms with E-state index in [4.69, 9.17) is 5.11 Å². The van der Waals surface area contributed by atoms with E-state index in [0.717, 1.165) is 11.6 Å². The number of carbonyl (C=O) groups is 3. The Morgan fingerprint density at radius 1 is 1.15 bits per heavy atom. The van der Waals surface area contributed by atoms with Gasteiger partial charge in [0.15, 0.2) is 0 Å². The maximum Gasteiger partial charge on any atom is 0.339 e. The lowest BCUT2D eigenvalue weighted by molar-refractivity contribution is -0.129. The van der Waals surface area contributed by atoms with Crippen LogP contribution in [0.1, 0.15) is 15.9 Å². The summed E-state index contributed by atoms with van der Waals surface area (Å²) in [4.78, 5) is 37.2. The van der Waals surface area contributed by atoms with Crippen LogP contribution in [-0.2, 0) is 9.59 Å². The number of nitrogens with one attached hydrogen (secondary N) is 1. The van der Waals surface area contributed by atoms with Gasteiger partial charge in [-0.2, -0.15) is 0 Å². The lowest BCUT2D eigenvalue weighted by atomic mass is 10.1. The number of nitrogens with zero attached hydrogens (tertiary/aromatic N) is 1. The van der Waals surface area contributed by atoms with Crippen LogP contribution < -0.4 is 5.32 Å². The number of carboxylic acids is 1. The summed E-state index contributed by atoms with van der Waals surface area (Å²) in [6, 6.07) is 13.0. The molecule has 1 aliphatic heterocycles. The Bertz CT molecular complexity index is 927. The van der Waals surface area contributed by atoms with Gasteiger partial charge in [0.2, 0.25) is 11.8 Å². The minimum Gasteiger partial charge on any atom is -0.507 e. The molecular weight excluding hydrogens is 368 g/mol. The van der Waals surface area contributed by atoms with Gasteiger partial charge in [0, 0.05) is 5.69 Å². The lowest BCUT2D eigenvalue weighted by Crippen LogP contribution is -2.39. The molecule has 1 heterocycles. The number of carboxylic acid groups (broad SMARTS) is 1. The van der Waals surface area contributed by atoms with Gasteiger partial charge in [-0.1, -0.05) is 30.3 Å². The summed E-state index contributed by atoms with van der Waals surface area (Å²) in [6.07, 6.45) is 0. The molecule has 0 unspecified atom stereocenters. The molecule has 7 nitrogen and oxygen atoms in total. The second-order valence-corrected chi connectivity index (χ2v) is 6.60. The van der Waals surface area contributed by atoms with E-state index in [1.807, 2.05) is 35.7 Å². The predicted octanol–water partition coefficient (Wildman–Crippen LogP) is 2.60. The highest BCUT2D eigenvalue weighted by atomic mass is 32.2. The molecule has 0 atom stereocenters. The third-order valence-corrected chi connectivity index (χ3v) is 4.68. The van der Waals surface area contributed by atoms with Gasteiger partial charge < -0.3 is 20.4 Å². The molecule has 2 aromatic rings. The first-order valence-electron chi connectivity index (χ1n) is 7.99. The van der Waals surface area contributed by atoms with Gasteiger partial charge in [-0.25, -0.2) is 4.79 Å². The van der Waals surface area contributed by atoms with Crippen LogP contribution in [0.15, 0.2) is 53.9 Å². The van der Waals surface area contributed by atoms with Crippen molar-refractivity contribution in [2.45, 2.75) is 0 Å². The molecule has 27 heavy (non-hydrogen) atoms. The Hall–Kier alpha value is -3.26. The first-order chi connectivity index (χ1) is 13.0. The number of phenols is 1. The standard InChI is InChI=1S/C19H16N2O5S/c22-16-7-6-13(8-14(16)19(25)26)20-17(23)9-21-15(10-27-11-18(21)24)12-4-2-1-3-5-12/h1-8,10,22H,9,11H2,(H,20,23)(H,25,26). The van der Waals surface area contributed by atoms with Gasteiger partial charge in [0.1, 0.15) is 17.9 Å². The van der Waals surface area contributed by atoms with E-state index >= 15 is 0 Å². The molecule has 0 aliphatic carbocycles. The van der Waals surface area contributed by atoms with Crippen LogP contribution in [-0.4, -0.2) is 45.2 Å². The highest BCUT2D eigenvalue weighted by Gasteiger charge is 2.25. The lowest BCUT2D eigenvalue weighted by Gasteiger charge is -2.28. The topological polar surface area (TPSA) is 107 Å². The van der Waals surface area contributed by atoms with Gasteiger partial charge in [0.05, 0.1) is 11.4 Å². The molecule has 2 aromatic carbocycles. The molecule has 3 rings (SSSR count). The minimum atomic E-state index is -1.30. The van der Waals surface area contributed by atoms with E-state index in [2.05, 4.69) is 5.32 Å². The molecule has 0 spiro atoms. The second kappa shape index (κ2) is 7.96. The number of anilines is 1. The normalized spacial score (nSPS) is 13.9. The third-order valence-electron chi connectivity index (χ3n) is 3.88. The average Bonchev–Trinajstić information content (AvgIpc) is 2.65. The van der Waals surface area contributed by atoms with Crippen molar-refractivity contribution in [2.75, 3.05) is 17.6 Å². The smallest absolute Gasteiger partial charge is 0.339 e. The summed E-state index contributed by atoms with van der Waals surface area (Å²) in [7, 11) is 0. The monoisotopic (exact) mass is 384 g/mol. The summed E-state index contributed by atoms with van der Waals surface area (Å²) in [5.74, 6) is -2.11. The van der Waals surface area contributed by atoms with Crippen molar-refractivity contribution in [3.05, 3.63) is 65.1 Å². The highest BCUT2D eigenvalue weighted by molar-refractivity contribution is 8.03. The zero-order chi connectivity index (χ0) is 19.4. The van der Waals surface area contributed by atoms with E-state index < -0.39 is 17.6 Å². The number of benzene rings is 2. The minimum absolute atomic E-state index is 0.187. The maximum atomic E-state index is 12.4. The Labute approximate surface area is 159 Å². The molecule has 2 amide bonds. The molecule has 138 valence electrons. The Kier molecular flexibility index (Phi) is 5.46. The largest absolute Gasteiger partial charge is 0.507 e. The zero-order valence-corrected chi connectivity index (χ0v) is 14.9. The van der Waals surface area contributed by atoms with Crippen molar-refractivity contribution < 1.29 is 24.6 Å². The molecule has 0 radical (unpaired) electrons. The van der Waals surface area contributed by atoms with Crippen LogP contribution in [0.5, 0.6) is 5.75 Å². The number of hydrogen-bond acceptors (Lipinski definition) is 5. The SMILES string of the molecule is O=C(CN1C(=O)CSC=C1c1ccccc1)Nc1ccc(O)c(C(=O)O)c1. The van der Waals surface area contributed by atoms with E-state index in [9.17, 15) is 19.5 Å². The van der Waals surface area contributed by atoms with E-state index in [0.29, 0.717) is 5.70 Å². The van der Waals surface area contributed by atoms with Crippen LogP contribution in [0, 0.1) is 0 Å². The zero-order valence-electron chi connectivity index (χ0n) is 14.1. The second-order valence-electron chi connectivity index (χ2n) is 5.75. The Balaban J connectivity index is 1.77. The van der Waals surface area contributed by atoms with Gasteiger partial charge in [-0.3, -0.25) is 9.59 Å². The third kappa shape index (κ3) is 4.29. The molecule has 0 aromatic heterocycles. The first-order valence-corrected chi connectivity index (χ1v) is 9.04. The molecule has 0 saturated heterocycles. The number of amides is 2. The number of aromatic hydroxyl groups is 1. The molecule has 3 N–H and O–H groups in total. The van der Waals surface area contributed by atoms with Crippen molar-refractivity contribution in [3.8, 4) is 5.75 Å². The molecule has 8 heteroatoms. The average molecular weight is 384 g/mol. The van der Waals surface area contributed by atoms with E-state index in [1.54, 1.807) is 0 Å². The van der Waals surface area contributed by atoms with Crippen LogP contribution in [0.25, 0.3) is 5.70 Å². The molecule has 0 fully saturated rings. The van der Waals surface area contributed by atoms with Crippen LogP contribution in [0.2, 0.25) is 0 Å². The highest BCUT2D eigenvalue weighted by Crippen LogP contribution is 2.28. The number of hydrogen-bond donors (Lipinski definition) is 3. The number of thioether (sulfide) groups is 1. The van der Waals surface area contributed by atoms with Gasteiger partial charge >= 0.3 is 5.97 Å². The molecule has 1 aliphatic rings. The fraction of sp³-hybridized carbons (Fsp3) is 0.105. The summed E-state index contributed by atoms with van der Waals surface area (Å²) < 4.78 is 0. The summed E-state index contributed by atoms with van der Waals surface area (Å²) in [5, 5.41) is 23.0. The molecular formula is C19H16N2O5S. The predicted molar refractivity (Wildman–Crippen MR) is 102 cm³/mol. The van der Waals surface area contributed by atoms with Crippen molar-refractivity contribution >= 4 is 40.9 Å². The fourth-order valence-electron chi connectivity index (χ4n) is 2.60. The van der Waals surface area contributed by atoms with Crippen LogP contribution in [0.3, 0.4) is 0 Å². The number of aromatic carboxylic acids is 1. The van der Waals surface area contributed by atoms with Crippen molar-refractivity contribution in [1.29, 1.82) is 0 Å². The van der Waals surface area contributed by atoms with Crippen molar-refractivity contribution in [2.24, 2.45) is 0 Å². The fourth-order valence-corrected chi connectivity index (χ4v) is 3.41. The van der Waals surface area contributed by atoms with Gasteiger partial charge in [-0.05, 0) is 29.2 Å². The molecule has 0 bridgehead atoms. The summed E-state index contributed by atoms with van der Waals surface area (Å²) in [5.41, 5.74) is 1.37. The van der Waals surface area contributed by atoms with Crippen molar-refractivity contribution in [1.82, 2.24) is 4.90 Å². The number of rotatable bonds is 5. The van der Waals surface area contributed by atoms with Gasteiger partial charge in [-0.15, -0.1) is 11.8 Å². The summed E-state index contributed by atoms with van der Waals surface area (Å²) in [6.45, 7) is -0.205. The van der Waals surface area contributed by atoms with Crippen molar-refractivity contribution in [3.63, 3.8) is 0 Å². The quantitative estimate of drug-likeness (QED) is 0.684. The van der Waals surface area contributed by atoms with E-state index in [1.165, 1.54) is 28.8 Å². The molecule has 0 saturated carbocycles. The summed E-state index contributed by atoms with van der Waals surface area (Å²) >= 11 is 1.37. The number of carbonyl (C=O) groups excluding carboxylic acids is 2. The van der Waals surface area contributed by atoms with Crippen LogP contribution in [0.4, 0.5) is 5.69 Å². The Morgan fingerprint density at radius 3 is 2.59 bits per heavy atom. The van der Waals surface area contributed by atoms with E-state index in [-0.39, 0.29) is 29.5 Å².